The molecule has 18 heavy (non-hydrogen) atoms. The van der Waals surface area contributed by atoms with E-state index in [1.807, 2.05) is 17.6 Å². The number of hydrogen-bond donors (Lipinski definition) is 1. The zero-order valence-corrected chi connectivity index (χ0v) is 12.6. The van der Waals surface area contributed by atoms with E-state index >= 15 is 0 Å². The molecular formula is C12H10BrN3S2. The van der Waals surface area contributed by atoms with Crippen LogP contribution < -0.4 is 5.32 Å². The summed E-state index contributed by atoms with van der Waals surface area (Å²) in [4.78, 5) is 8.80. The molecule has 0 radical (unpaired) electrons. The second kappa shape index (κ2) is 5.34. The number of halogens is 1. The molecule has 0 amide bonds. The van der Waals surface area contributed by atoms with Gasteiger partial charge in [-0.15, -0.1) is 11.3 Å². The maximum absolute atomic E-state index is 4.54. The van der Waals surface area contributed by atoms with Crippen molar-refractivity contribution < 1.29 is 0 Å². The van der Waals surface area contributed by atoms with Gasteiger partial charge in [-0.05, 0) is 18.2 Å². The van der Waals surface area contributed by atoms with Crippen molar-refractivity contribution in [3.05, 3.63) is 39.3 Å². The molecule has 0 fully saturated rings. The van der Waals surface area contributed by atoms with E-state index in [-0.39, 0.29) is 0 Å². The molecule has 6 heteroatoms. The molecule has 1 N–H and O–H groups in total. The van der Waals surface area contributed by atoms with Gasteiger partial charge in [0.15, 0.2) is 5.13 Å². The summed E-state index contributed by atoms with van der Waals surface area (Å²) in [7, 11) is 0. The molecule has 0 spiro atoms. The number of rotatable bonds is 4. The molecule has 3 rings (SSSR count). The Hall–Kier alpha value is -0.980. The summed E-state index contributed by atoms with van der Waals surface area (Å²) in [6.07, 6.45) is 0.934. The van der Waals surface area contributed by atoms with Gasteiger partial charge in [0.1, 0.15) is 0 Å². The molecular weight excluding hydrogens is 330 g/mol. The number of hydrogen-bond acceptors (Lipinski definition) is 5. The molecule has 0 aliphatic rings. The first-order valence-electron chi connectivity index (χ1n) is 5.48. The van der Waals surface area contributed by atoms with Crippen molar-refractivity contribution >= 4 is 54.0 Å². The fraction of sp³-hybridized carbons (Fsp3) is 0.167. The van der Waals surface area contributed by atoms with Gasteiger partial charge in [-0.2, -0.15) is 0 Å². The van der Waals surface area contributed by atoms with Gasteiger partial charge in [0.25, 0.3) is 0 Å². The summed E-state index contributed by atoms with van der Waals surface area (Å²) in [5, 5.41) is 6.40. The normalized spacial score (nSPS) is 10.9. The monoisotopic (exact) mass is 339 g/mol. The van der Waals surface area contributed by atoms with Crippen LogP contribution >= 0.6 is 38.6 Å². The average molecular weight is 340 g/mol. The van der Waals surface area contributed by atoms with Crippen LogP contribution in [0, 0.1) is 0 Å². The van der Waals surface area contributed by atoms with Gasteiger partial charge < -0.3 is 5.32 Å². The van der Waals surface area contributed by atoms with Gasteiger partial charge in [0.05, 0.1) is 21.4 Å². The quantitative estimate of drug-likeness (QED) is 0.775. The Labute approximate surface area is 121 Å². The zero-order valence-electron chi connectivity index (χ0n) is 9.39. The largest absolute Gasteiger partial charge is 0.361 e. The summed E-state index contributed by atoms with van der Waals surface area (Å²) in [6, 6.07) is 6.14. The molecule has 3 nitrogen and oxygen atoms in total. The molecule has 0 saturated carbocycles. The first-order valence-corrected chi connectivity index (χ1v) is 8.03. The fourth-order valence-electron chi connectivity index (χ4n) is 1.63. The van der Waals surface area contributed by atoms with Crippen LogP contribution in [-0.4, -0.2) is 16.5 Å². The number of anilines is 1. The Balaban J connectivity index is 1.67. The summed E-state index contributed by atoms with van der Waals surface area (Å²) in [6.45, 7) is 0.866. The Kier molecular flexibility index (Phi) is 3.58. The van der Waals surface area contributed by atoms with Crippen LogP contribution in [0.3, 0.4) is 0 Å². The van der Waals surface area contributed by atoms with Crippen LogP contribution in [0.15, 0.2) is 33.6 Å². The van der Waals surface area contributed by atoms with E-state index < -0.39 is 0 Å². The van der Waals surface area contributed by atoms with Gasteiger partial charge in [-0.3, -0.25) is 0 Å². The lowest BCUT2D eigenvalue weighted by molar-refractivity contribution is 0.975. The van der Waals surface area contributed by atoms with E-state index in [1.165, 1.54) is 4.70 Å². The first-order chi connectivity index (χ1) is 8.81. The minimum atomic E-state index is 0.866. The molecule has 0 atom stereocenters. The summed E-state index contributed by atoms with van der Waals surface area (Å²) in [5.74, 6) is 0. The van der Waals surface area contributed by atoms with Gasteiger partial charge in [0.2, 0.25) is 0 Å². The second-order valence-corrected chi connectivity index (χ2v) is 6.45. The summed E-state index contributed by atoms with van der Waals surface area (Å²) < 4.78 is 2.29. The van der Waals surface area contributed by atoms with E-state index in [0.717, 1.165) is 33.8 Å². The smallest absolute Gasteiger partial charge is 0.183 e. The topological polar surface area (TPSA) is 37.8 Å². The zero-order chi connectivity index (χ0) is 12.4. The molecule has 0 bridgehead atoms. The molecule has 0 unspecified atom stereocenters. The van der Waals surface area contributed by atoms with Crippen molar-refractivity contribution in [2.75, 3.05) is 11.9 Å². The third-order valence-corrected chi connectivity index (χ3v) is 4.60. The van der Waals surface area contributed by atoms with E-state index in [4.69, 9.17) is 0 Å². The number of aromatic nitrogens is 2. The maximum atomic E-state index is 4.54. The van der Waals surface area contributed by atoms with Crippen molar-refractivity contribution in [2.24, 2.45) is 0 Å². The van der Waals surface area contributed by atoms with Crippen molar-refractivity contribution in [1.82, 2.24) is 9.97 Å². The number of nitrogens with one attached hydrogen (secondary N) is 1. The van der Waals surface area contributed by atoms with Crippen molar-refractivity contribution in [3.8, 4) is 0 Å². The van der Waals surface area contributed by atoms with Crippen LogP contribution in [0.1, 0.15) is 5.69 Å². The van der Waals surface area contributed by atoms with Gasteiger partial charge in [-0.1, -0.05) is 27.3 Å². The average Bonchev–Trinajstić information content (AvgIpc) is 2.97. The minimum Gasteiger partial charge on any atom is -0.361 e. The highest BCUT2D eigenvalue weighted by atomic mass is 79.9. The fourth-order valence-corrected chi connectivity index (χ4v) is 3.67. The highest BCUT2D eigenvalue weighted by molar-refractivity contribution is 9.10. The van der Waals surface area contributed by atoms with Crippen LogP contribution in [0.25, 0.3) is 10.2 Å². The molecule has 0 aliphatic heterocycles. The predicted molar refractivity (Wildman–Crippen MR) is 81.6 cm³/mol. The van der Waals surface area contributed by atoms with Crippen molar-refractivity contribution in [1.29, 1.82) is 0 Å². The molecule has 3 aromatic rings. The Morgan fingerprint density at radius 1 is 1.33 bits per heavy atom. The number of thiazole rings is 2. The Morgan fingerprint density at radius 2 is 2.28 bits per heavy atom. The lowest BCUT2D eigenvalue weighted by Gasteiger charge is -1.99. The summed E-state index contributed by atoms with van der Waals surface area (Å²) in [5.41, 5.74) is 4.04. The number of fused-ring (bicyclic) bond motifs is 1. The molecule has 2 aromatic heterocycles. The Morgan fingerprint density at radius 3 is 3.11 bits per heavy atom. The minimum absolute atomic E-state index is 0.866. The predicted octanol–water partition coefficient (Wildman–Crippen LogP) is 4.17. The first kappa shape index (κ1) is 12.1. The van der Waals surface area contributed by atoms with E-state index in [2.05, 4.69) is 42.7 Å². The summed E-state index contributed by atoms with van der Waals surface area (Å²) >= 11 is 6.78. The van der Waals surface area contributed by atoms with Crippen LogP contribution in [0.4, 0.5) is 5.13 Å². The van der Waals surface area contributed by atoms with Crippen LogP contribution in [0.5, 0.6) is 0 Å². The SMILES string of the molecule is Brc1ccc2nc(NCCc3cscn3)sc2c1. The van der Waals surface area contributed by atoms with E-state index in [0.29, 0.717) is 0 Å². The molecule has 0 aliphatic carbocycles. The van der Waals surface area contributed by atoms with E-state index in [9.17, 15) is 0 Å². The highest BCUT2D eigenvalue weighted by Crippen LogP contribution is 2.28. The molecule has 0 saturated heterocycles. The van der Waals surface area contributed by atoms with Gasteiger partial charge in [0, 0.05) is 22.8 Å². The Bertz CT molecular complexity index is 648. The molecule has 92 valence electrons. The molecule has 1 aromatic carbocycles. The molecule has 2 heterocycles. The standard InChI is InChI=1S/C12H10BrN3S2/c13-8-1-2-10-11(5-8)18-12(16-10)14-4-3-9-6-17-7-15-9/h1-2,5-7H,3-4H2,(H,14,16). The maximum Gasteiger partial charge on any atom is 0.183 e. The van der Waals surface area contributed by atoms with Gasteiger partial charge >= 0.3 is 0 Å². The van der Waals surface area contributed by atoms with E-state index in [1.54, 1.807) is 22.7 Å². The number of benzene rings is 1. The van der Waals surface area contributed by atoms with Gasteiger partial charge in [-0.25, -0.2) is 9.97 Å². The second-order valence-electron chi connectivity index (χ2n) is 3.79. The third kappa shape index (κ3) is 2.71. The lowest BCUT2D eigenvalue weighted by atomic mass is 10.3. The lowest BCUT2D eigenvalue weighted by Crippen LogP contribution is -2.04. The third-order valence-electron chi connectivity index (χ3n) is 2.49. The number of nitrogens with zero attached hydrogens (tertiary/aromatic N) is 2. The van der Waals surface area contributed by atoms with Crippen molar-refractivity contribution in [3.63, 3.8) is 0 Å². The van der Waals surface area contributed by atoms with Crippen molar-refractivity contribution in [2.45, 2.75) is 6.42 Å². The van der Waals surface area contributed by atoms with Crippen LogP contribution in [0.2, 0.25) is 0 Å². The van der Waals surface area contributed by atoms with Crippen LogP contribution in [-0.2, 0) is 6.42 Å². The highest BCUT2D eigenvalue weighted by Gasteiger charge is 2.03.